The van der Waals surface area contributed by atoms with Crippen molar-refractivity contribution in [3.05, 3.63) is 30.1 Å². The average Bonchev–Trinajstić information content (AvgIpc) is 2.52. The number of morpholine rings is 1. The summed E-state index contributed by atoms with van der Waals surface area (Å²) in [5, 5.41) is 3.14. The second kappa shape index (κ2) is 8.50. The second-order valence-electron chi connectivity index (χ2n) is 4.80. The van der Waals surface area contributed by atoms with Crippen LogP contribution in [-0.4, -0.2) is 55.2 Å². The van der Waals surface area contributed by atoms with Gasteiger partial charge in [-0.25, -0.2) is 4.99 Å². The van der Waals surface area contributed by atoms with E-state index in [9.17, 15) is 0 Å². The van der Waals surface area contributed by atoms with Gasteiger partial charge in [0, 0.05) is 32.0 Å². The van der Waals surface area contributed by atoms with Gasteiger partial charge in [0.1, 0.15) is 0 Å². The molecule has 0 bridgehead atoms. The normalized spacial score (nSPS) is 17.1. The predicted octanol–water partition coefficient (Wildman–Crippen LogP) is 0.208. The third-order valence-electron chi connectivity index (χ3n) is 3.22. The zero-order valence-corrected chi connectivity index (χ0v) is 11.8. The number of hydrogen-bond donors (Lipinski definition) is 2. The predicted molar refractivity (Wildman–Crippen MR) is 79.4 cm³/mol. The van der Waals surface area contributed by atoms with Crippen LogP contribution in [0.15, 0.2) is 29.5 Å². The van der Waals surface area contributed by atoms with E-state index in [1.807, 2.05) is 12.1 Å². The number of nitrogens with two attached hydrogens (primary N) is 1. The molecule has 0 saturated carbocycles. The Morgan fingerprint density at radius 3 is 3.05 bits per heavy atom. The summed E-state index contributed by atoms with van der Waals surface area (Å²) in [6.07, 6.45) is 4.61. The molecule has 1 aromatic rings. The first-order valence-electron chi connectivity index (χ1n) is 7.07. The Bertz CT molecular complexity index is 403. The highest BCUT2D eigenvalue weighted by atomic mass is 16.5. The van der Waals surface area contributed by atoms with Crippen LogP contribution in [0.5, 0.6) is 0 Å². The van der Waals surface area contributed by atoms with Gasteiger partial charge in [0.15, 0.2) is 5.96 Å². The zero-order valence-electron chi connectivity index (χ0n) is 11.8. The number of aromatic nitrogens is 1. The summed E-state index contributed by atoms with van der Waals surface area (Å²) in [6, 6.07) is 3.89. The van der Waals surface area contributed by atoms with Crippen LogP contribution in [0.4, 0.5) is 0 Å². The first-order chi connectivity index (χ1) is 9.84. The third-order valence-corrected chi connectivity index (χ3v) is 3.22. The molecule has 0 spiro atoms. The number of guanidine groups is 1. The molecule has 1 saturated heterocycles. The van der Waals surface area contributed by atoms with Crippen molar-refractivity contribution in [3.63, 3.8) is 0 Å². The summed E-state index contributed by atoms with van der Waals surface area (Å²) in [4.78, 5) is 10.7. The molecular formula is C14H23N5O. The van der Waals surface area contributed by atoms with Gasteiger partial charge in [0.2, 0.25) is 0 Å². The van der Waals surface area contributed by atoms with Crippen LogP contribution in [0.1, 0.15) is 12.0 Å². The Labute approximate surface area is 120 Å². The van der Waals surface area contributed by atoms with Gasteiger partial charge in [0.05, 0.1) is 19.8 Å². The van der Waals surface area contributed by atoms with Gasteiger partial charge >= 0.3 is 0 Å². The number of pyridine rings is 1. The fourth-order valence-corrected chi connectivity index (χ4v) is 2.07. The van der Waals surface area contributed by atoms with Gasteiger partial charge in [-0.1, -0.05) is 6.07 Å². The minimum atomic E-state index is 0.496. The molecule has 1 aliphatic heterocycles. The molecular weight excluding hydrogens is 254 g/mol. The van der Waals surface area contributed by atoms with Crippen LogP contribution in [0, 0.1) is 0 Å². The summed E-state index contributed by atoms with van der Waals surface area (Å²) in [5.41, 5.74) is 6.89. The number of ether oxygens (including phenoxy) is 1. The molecule has 2 rings (SSSR count). The van der Waals surface area contributed by atoms with Crippen LogP contribution in [0.3, 0.4) is 0 Å². The van der Waals surface area contributed by atoms with Crippen LogP contribution >= 0.6 is 0 Å². The fourth-order valence-electron chi connectivity index (χ4n) is 2.07. The molecule has 1 aliphatic rings. The Hall–Kier alpha value is -1.66. The smallest absolute Gasteiger partial charge is 0.188 e. The van der Waals surface area contributed by atoms with E-state index in [4.69, 9.17) is 10.5 Å². The largest absolute Gasteiger partial charge is 0.379 e. The SMILES string of the molecule is NC(=NCc1cccnc1)NCCCN1CCOCC1. The van der Waals surface area contributed by atoms with E-state index in [0.29, 0.717) is 12.5 Å². The summed E-state index contributed by atoms with van der Waals surface area (Å²) in [5.74, 6) is 0.496. The number of aliphatic imine (C=N–C) groups is 1. The average molecular weight is 277 g/mol. The molecule has 0 radical (unpaired) electrons. The third kappa shape index (κ3) is 5.54. The highest BCUT2D eigenvalue weighted by Gasteiger charge is 2.08. The van der Waals surface area contributed by atoms with Crippen molar-refractivity contribution in [1.29, 1.82) is 0 Å². The topological polar surface area (TPSA) is 75.8 Å². The molecule has 20 heavy (non-hydrogen) atoms. The Kier molecular flexibility index (Phi) is 6.26. The Balaban J connectivity index is 1.58. The van der Waals surface area contributed by atoms with Gasteiger partial charge < -0.3 is 15.8 Å². The van der Waals surface area contributed by atoms with E-state index >= 15 is 0 Å². The van der Waals surface area contributed by atoms with E-state index in [1.165, 1.54) is 0 Å². The van der Waals surface area contributed by atoms with Gasteiger partial charge in [-0.3, -0.25) is 9.88 Å². The first-order valence-corrected chi connectivity index (χ1v) is 7.07. The molecule has 0 aliphatic carbocycles. The molecule has 0 amide bonds. The molecule has 0 atom stereocenters. The van der Waals surface area contributed by atoms with E-state index in [2.05, 4.69) is 20.2 Å². The van der Waals surface area contributed by atoms with Gasteiger partial charge in [-0.05, 0) is 24.6 Å². The lowest BCUT2D eigenvalue weighted by Gasteiger charge is -2.26. The molecule has 2 heterocycles. The number of nitrogens with one attached hydrogen (secondary N) is 1. The molecule has 110 valence electrons. The molecule has 6 nitrogen and oxygen atoms in total. The van der Waals surface area contributed by atoms with Crippen molar-refractivity contribution >= 4 is 5.96 Å². The van der Waals surface area contributed by atoms with Crippen molar-refractivity contribution in [2.45, 2.75) is 13.0 Å². The number of nitrogens with zero attached hydrogens (tertiary/aromatic N) is 3. The van der Waals surface area contributed by atoms with E-state index in [0.717, 1.165) is 51.4 Å². The van der Waals surface area contributed by atoms with Crippen LogP contribution in [0.25, 0.3) is 0 Å². The molecule has 1 aromatic heterocycles. The van der Waals surface area contributed by atoms with Crippen LogP contribution < -0.4 is 11.1 Å². The molecule has 1 fully saturated rings. The fraction of sp³-hybridized carbons (Fsp3) is 0.571. The van der Waals surface area contributed by atoms with Crippen molar-refractivity contribution in [2.24, 2.45) is 10.7 Å². The lowest BCUT2D eigenvalue weighted by Crippen LogP contribution is -2.39. The van der Waals surface area contributed by atoms with Crippen molar-refractivity contribution < 1.29 is 4.74 Å². The maximum atomic E-state index is 5.83. The van der Waals surface area contributed by atoms with Crippen molar-refractivity contribution in [2.75, 3.05) is 39.4 Å². The molecule has 6 heteroatoms. The summed E-state index contributed by atoms with van der Waals surface area (Å²) in [7, 11) is 0. The molecule has 3 N–H and O–H groups in total. The lowest BCUT2D eigenvalue weighted by atomic mass is 10.3. The number of rotatable bonds is 6. The van der Waals surface area contributed by atoms with Gasteiger partial charge in [-0.2, -0.15) is 0 Å². The zero-order chi connectivity index (χ0) is 14.0. The summed E-state index contributed by atoms with van der Waals surface area (Å²) in [6.45, 7) is 6.25. The Morgan fingerprint density at radius 2 is 2.30 bits per heavy atom. The van der Waals surface area contributed by atoms with Crippen molar-refractivity contribution in [1.82, 2.24) is 15.2 Å². The highest BCUT2D eigenvalue weighted by molar-refractivity contribution is 5.77. The second-order valence-corrected chi connectivity index (χ2v) is 4.80. The highest BCUT2D eigenvalue weighted by Crippen LogP contribution is 1.98. The Morgan fingerprint density at radius 1 is 1.45 bits per heavy atom. The summed E-state index contributed by atoms with van der Waals surface area (Å²) >= 11 is 0. The standard InChI is InChI=1S/C14H23N5O/c15-14(18-12-13-3-1-4-16-11-13)17-5-2-6-19-7-9-20-10-8-19/h1,3-4,11H,2,5-10,12H2,(H3,15,17,18). The number of hydrogen-bond acceptors (Lipinski definition) is 4. The maximum Gasteiger partial charge on any atom is 0.188 e. The van der Waals surface area contributed by atoms with Gasteiger partial charge in [-0.15, -0.1) is 0 Å². The van der Waals surface area contributed by atoms with E-state index in [-0.39, 0.29) is 0 Å². The summed E-state index contributed by atoms with van der Waals surface area (Å²) < 4.78 is 5.32. The van der Waals surface area contributed by atoms with E-state index in [1.54, 1.807) is 12.4 Å². The first kappa shape index (κ1) is 14.7. The minimum Gasteiger partial charge on any atom is -0.379 e. The van der Waals surface area contributed by atoms with Crippen LogP contribution in [0.2, 0.25) is 0 Å². The molecule has 0 unspecified atom stereocenters. The maximum absolute atomic E-state index is 5.83. The monoisotopic (exact) mass is 277 g/mol. The minimum absolute atomic E-state index is 0.496. The van der Waals surface area contributed by atoms with E-state index < -0.39 is 0 Å². The van der Waals surface area contributed by atoms with Crippen LogP contribution in [-0.2, 0) is 11.3 Å². The van der Waals surface area contributed by atoms with Crippen molar-refractivity contribution in [3.8, 4) is 0 Å². The quantitative estimate of drug-likeness (QED) is 0.441. The lowest BCUT2D eigenvalue weighted by molar-refractivity contribution is 0.0376. The van der Waals surface area contributed by atoms with Gasteiger partial charge in [0.25, 0.3) is 0 Å². The molecule has 0 aromatic carbocycles.